The molecule has 2 aliphatic rings. The predicted molar refractivity (Wildman–Crippen MR) is 67.8 cm³/mol. The van der Waals surface area contributed by atoms with Crippen LogP contribution < -0.4 is 0 Å². The highest BCUT2D eigenvalue weighted by atomic mass is 16.9. The van der Waals surface area contributed by atoms with E-state index in [-0.39, 0.29) is 5.92 Å². The second kappa shape index (κ2) is 6.80. The summed E-state index contributed by atoms with van der Waals surface area (Å²) in [7, 11) is 0. The molecule has 3 atom stereocenters. The lowest BCUT2D eigenvalue weighted by molar-refractivity contribution is -0.186. The fourth-order valence-corrected chi connectivity index (χ4v) is 2.06. The van der Waals surface area contributed by atoms with Crippen LogP contribution in [0.5, 0.6) is 0 Å². The van der Waals surface area contributed by atoms with Crippen molar-refractivity contribution in [1.82, 2.24) is 0 Å². The molecule has 0 saturated carbocycles. The molecule has 1 unspecified atom stereocenters. The van der Waals surface area contributed by atoms with Gasteiger partial charge in [-0.3, -0.25) is 0 Å². The summed E-state index contributed by atoms with van der Waals surface area (Å²) < 4.78 is 22.2. The second-order valence-electron chi connectivity index (χ2n) is 4.12. The van der Waals surface area contributed by atoms with Gasteiger partial charge in [0.05, 0.1) is 5.92 Å². The van der Waals surface area contributed by atoms with E-state index in [9.17, 15) is 4.79 Å². The maximum Gasteiger partial charge on any atom is 0.212 e. The van der Waals surface area contributed by atoms with Crippen LogP contribution in [0, 0.1) is 5.92 Å². The summed E-state index contributed by atoms with van der Waals surface area (Å²) in [6, 6.07) is 0. The zero-order chi connectivity index (χ0) is 13.7. The summed E-state index contributed by atoms with van der Waals surface area (Å²) >= 11 is 0. The molecule has 5 nitrogen and oxygen atoms in total. The van der Waals surface area contributed by atoms with Crippen LogP contribution in [0.1, 0.15) is 13.8 Å². The Kier molecular flexibility index (Phi) is 5.07. The second-order valence-corrected chi connectivity index (χ2v) is 4.12. The molecule has 0 aromatic heterocycles. The molecule has 1 saturated heterocycles. The van der Waals surface area contributed by atoms with Gasteiger partial charge in [-0.15, -0.1) is 0 Å². The van der Waals surface area contributed by atoms with Crippen molar-refractivity contribution in [3.63, 3.8) is 0 Å². The van der Waals surface area contributed by atoms with Gasteiger partial charge in [0, 0.05) is 18.8 Å². The number of ether oxygens (including phenoxy) is 4. The van der Waals surface area contributed by atoms with E-state index in [1.165, 1.54) is 0 Å². The molecule has 1 aliphatic heterocycles. The first-order valence-corrected chi connectivity index (χ1v) is 6.44. The summed E-state index contributed by atoms with van der Waals surface area (Å²) in [6.45, 7) is 4.75. The average Bonchev–Trinajstić information content (AvgIpc) is 2.83. The maximum atomic E-state index is 10.9. The molecule has 0 aromatic carbocycles. The molecule has 0 spiro atoms. The first kappa shape index (κ1) is 14.2. The lowest BCUT2D eigenvalue weighted by Crippen LogP contribution is -2.28. The Bertz CT molecular complexity index is 394. The van der Waals surface area contributed by atoms with Gasteiger partial charge >= 0.3 is 0 Å². The number of rotatable bonds is 5. The van der Waals surface area contributed by atoms with E-state index in [4.69, 9.17) is 18.9 Å². The van der Waals surface area contributed by atoms with Crippen molar-refractivity contribution in [3.8, 4) is 0 Å². The molecular weight excluding hydrogens is 248 g/mol. The van der Waals surface area contributed by atoms with Gasteiger partial charge in [0.2, 0.25) is 12.6 Å². The van der Waals surface area contributed by atoms with Crippen LogP contribution in [-0.2, 0) is 23.7 Å². The van der Waals surface area contributed by atoms with Crippen molar-refractivity contribution in [2.24, 2.45) is 5.92 Å². The molecule has 19 heavy (non-hydrogen) atoms. The lowest BCUT2D eigenvalue weighted by atomic mass is 9.95. The molecule has 0 amide bonds. The molecule has 1 aliphatic carbocycles. The van der Waals surface area contributed by atoms with E-state index in [2.05, 4.69) is 0 Å². The van der Waals surface area contributed by atoms with Gasteiger partial charge in [-0.2, -0.15) is 0 Å². The highest BCUT2D eigenvalue weighted by Gasteiger charge is 2.41. The molecule has 1 heterocycles. The topological polar surface area (TPSA) is 54.0 Å². The van der Waals surface area contributed by atoms with Crippen molar-refractivity contribution >= 4 is 5.94 Å². The molecule has 2 rings (SSSR count). The van der Waals surface area contributed by atoms with E-state index in [1.807, 2.05) is 31.9 Å². The Labute approximate surface area is 112 Å². The fraction of sp³-hybridized carbons (Fsp3) is 0.571. The van der Waals surface area contributed by atoms with Crippen molar-refractivity contribution < 1.29 is 23.7 Å². The number of hydrogen-bond acceptors (Lipinski definition) is 5. The number of hydrogen-bond donors (Lipinski definition) is 0. The highest BCUT2D eigenvalue weighted by Crippen LogP contribution is 2.31. The van der Waals surface area contributed by atoms with Gasteiger partial charge < -0.3 is 18.9 Å². The van der Waals surface area contributed by atoms with Crippen LogP contribution in [-0.4, -0.2) is 38.0 Å². The van der Waals surface area contributed by atoms with Gasteiger partial charge in [-0.25, -0.2) is 4.79 Å². The standard InChI is InChI=1S/C14H18O5/c1-3-16-13-14(17-4-2)19-12(18-13)11-8-6-5-7-10(11)9-15/h5-8,11-14H,3-4H2,1-2H3/t11?,13-,14-/m1/s1. The molecule has 104 valence electrons. The van der Waals surface area contributed by atoms with Crippen LogP contribution in [0.3, 0.4) is 0 Å². The smallest absolute Gasteiger partial charge is 0.212 e. The zero-order valence-electron chi connectivity index (χ0n) is 11.1. The third kappa shape index (κ3) is 3.21. The van der Waals surface area contributed by atoms with Crippen LogP contribution in [0.2, 0.25) is 0 Å². The largest absolute Gasteiger partial charge is 0.348 e. The molecule has 1 fully saturated rings. The Morgan fingerprint density at radius 2 is 1.79 bits per heavy atom. The highest BCUT2D eigenvalue weighted by molar-refractivity contribution is 5.60. The Balaban J connectivity index is 2.07. The number of carbonyl (C=O) groups excluding carboxylic acids is 1. The Morgan fingerprint density at radius 1 is 1.16 bits per heavy atom. The monoisotopic (exact) mass is 266 g/mol. The molecule has 0 aromatic rings. The van der Waals surface area contributed by atoms with E-state index in [0.717, 1.165) is 0 Å². The van der Waals surface area contributed by atoms with Gasteiger partial charge in [-0.1, -0.05) is 18.2 Å². The summed E-state index contributed by atoms with van der Waals surface area (Å²) in [6.07, 6.45) is 5.46. The fourth-order valence-electron chi connectivity index (χ4n) is 2.06. The van der Waals surface area contributed by atoms with E-state index >= 15 is 0 Å². The van der Waals surface area contributed by atoms with Crippen LogP contribution in [0.25, 0.3) is 0 Å². The van der Waals surface area contributed by atoms with Gasteiger partial charge in [-0.05, 0) is 19.9 Å². The first-order valence-electron chi connectivity index (χ1n) is 6.44. The quantitative estimate of drug-likeness (QED) is 0.707. The molecule has 0 bridgehead atoms. The average molecular weight is 266 g/mol. The van der Waals surface area contributed by atoms with Gasteiger partial charge in [0.1, 0.15) is 5.94 Å². The minimum atomic E-state index is -0.592. The van der Waals surface area contributed by atoms with Crippen molar-refractivity contribution in [1.29, 1.82) is 0 Å². The third-order valence-corrected chi connectivity index (χ3v) is 2.90. The van der Waals surface area contributed by atoms with E-state index in [0.29, 0.717) is 18.8 Å². The summed E-state index contributed by atoms with van der Waals surface area (Å²) in [5.41, 5.74) is 0.500. The predicted octanol–water partition coefficient (Wildman–Crippen LogP) is 1.58. The van der Waals surface area contributed by atoms with Gasteiger partial charge in [0.25, 0.3) is 0 Å². The van der Waals surface area contributed by atoms with Crippen molar-refractivity contribution in [3.05, 3.63) is 29.9 Å². The van der Waals surface area contributed by atoms with Crippen molar-refractivity contribution in [2.45, 2.75) is 32.7 Å². The summed E-state index contributed by atoms with van der Waals surface area (Å²) in [4.78, 5) is 10.9. The molecule has 0 N–H and O–H groups in total. The maximum absolute atomic E-state index is 10.9. The van der Waals surface area contributed by atoms with Gasteiger partial charge in [0.15, 0.2) is 6.29 Å². The normalized spacial score (nSPS) is 30.8. The molecule has 0 radical (unpaired) electrons. The van der Waals surface area contributed by atoms with Crippen LogP contribution >= 0.6 is 0 Å². The third-order valence-electron chi connectivity index (χ3n) is 2.90. The summed E-state index contributed by atoms with van der Waals surface area (Å²) in [5, 5.41) is 0. The summed E-state index contributed by atoms with van der Waals surface area (Å²) in [5.74, 6) is 1.63. The van der Waals surface area contributed by atoms with E-state index < -0.39 is 18.9 Å². The SMILES string of the molecule is CCO[C@@H]1OC(C2C=CC=CC2=C=O)O[C@H]1OCC. The minimum absolute atomic E-state index is 0.282. The van der Waals surface area contributed by atoms with E-state index in [1.54, 1.807) is 12.2 Å². The van der Waals surface area contributed by atoms with Crippen LogP contribution in [0.4, 0.5) is 0 Å². The lowest BCUT2D eigenvalue weighted by Gasteiger charge is -2.19. The first-order chi connectivity index (χ1) is 9.30. The Hall–Kier alpha value is -1.23. The zero-order valence-corrected chi connectivity index (χ0v) is 11.1. The Morgan fingerprint density at radius 3 is 2.32 bits per heavy atom. The number of allylic oxidation sites excluding steroid dienone is 3. The molecular formula is C14H18O5. The van der Waals surface area contributed by atoms with Crippen LogP contribution in [0.15, 0.2) is 29.9 Å². The molecule has 5 heteroatoms. The minimum Gasteiger partial charge on any atom is -0.348 e. The van der Waals surface area contributed by atoms with Crippen molar-refractivity contribution in [2.75, 3.05) is 13.2 Å².